The van der Waals surface area contributed by atoms with Crippen LogP contribution in [0.25, 0.3) is 0 Å². The highest BCUT2D eigenvalue weighted by atomic mass is 16.7. The lowest BCUT2D eigenvalue weighted by atomic mass is 9.99. The van der Waals surface area contributed by atoms with E-state index in [9.17, 15) is 20.1 Å². The largest absolute Gasteiger partial charge is 0.462 e. The maximum absolute atomic E-state index is 11.3. The molecule has 120 valence electrons. The molecule has 0 radical (unpaired) electrons. The fraction of sp³-hybridized carbons (Fsp3) is 0.429. The van der Waals surface area contributed by atoms with Crippen molar-refractivity contribution in [2.75, 3.05) is 6.61 Å². The summed E-state index contributed by atoms with van der Waals surface area (Å²) in [7, 11) is 0. The molecule has 1 fully saturated rings. The first-order valence-corrected chi connectivity index (χ1v) is 6.60. The molecule has 0 spiro atoms. The number of nitrogens with one attached hydrogen (secondary N) is 1. The standard InChI is InChI=1S/C14H17NO7/c15-5-9(17)7-1-3-8(4-2-7)21-14-13(20)12(19)11(18)10(6-16)22-14/h1-5,10-16,18-20H,6H2/t10-,11-,12+,13-,14?/m1/s1. The van der Waals surface area contributed by atoms with E-state index in [1.165, 1.54) is 24.3 Å². The van der Waals surface area contributed by atoms with E-state index < -0.39 is 43.1 Å². The quantitative estimate of drug-likeness (QED) is 0.336. The lowest BCUT2D eigenvalue weighted by molar-refractivity contribution is -0.277. The summed E-state index contributed by atoms with van der Waals surface area (Å²) in [6.07, 6.45) is -6.11. The average molecular weight is 311 g/mol. The molecule has 2 rings (SSSR count). The number of rotatable bonds is 5. The molecule has 1 aliphatic rings. The van der Waals surface area contributed by atoms with Crippen molar-refractivity contribution in [1.29, 1.82) is 5.41 Å². The van der Waals surface area contributed by atoms with Crippen molar-refractivity contribution in [1.82, 2.24) is 0 Å². The zero-order valence-electron chi connectivity index (χ0n) is 11.5. The van der Waals surface area contributed by atoms with E-state index in [2.05, 4.69) is 0 Å². The lowest BCUT2D eigenvalue weighted by Gasteiger charge is -2.39. The van der Waals surface area contributed by atoms with E-state index in [1.54, 1.807) is 0 Å². The molecule has 1 aliphatic heterocycles. The number of hydrogen-bond acceptors (Lipinski definition) is 8. The van der Waals surface area contributed by atoms with Gasteiger partial charge >= 0.3 is 0 Å². The summed E-state index contributed by atoms with van der Waals surface area (Å²) < 4.78 is 10.6. The number of benzene rings is 1. The predicted octanol–water partition coefficient (Wildman–Crippen LogP) is -1.30. The molecule has 1 unspecified atom stereocenters. The zero-order chi connectivity index (χ0) is 16.3. The van der Waals surface area contributed by atoms with Crippen LogP contribution >= 0.6 is 0 Å². The van der Waals surface area contributed by atoms with Gasteiger partial charge in [0.1, 0.15) is 30.2 Å². The summed E-state index contributed by atoms with van der Waals surface area (Å²) in [5.41, 5.74) is 0.302. The fourth-order valence-corrected chi connectivity index (χ4v) is 2.08. The molecular weight excluding hydrogens is 294 g/mol. The Balaban J connectivity index is 2.09. The minimum atomic E-state index is -1.52. The van der Waals surface area contributed by atoms with Gasteiger partial charge in [0.25, 0.3) is 0 Å². The topological polar surface area (TPSA) is 140 Å². The van der Waals surface area contributed by atoms with Crippen LogP contribution in [-0.4, -0.2) is 69.7 Å². The molecule has 5 N–H and O–H groups in total. The molecular formula is C14H17NO7. The van der Waals surface area contributed by atoms with Gasteiger partial charge in [-0.15, -0.1) is 0 Å². The second kappa shape index (κ2) is 6.95. The number of carbonyl (C=O) groups excluding carboxylic acids is 1. The van der Waals surface area contributed by atoms with Crippen molar-refractivity contribution in [3.8, 4) is 5.75 Å². The first-order chi connectivity index (χ1) is 10.5. The number of hydrogen-bond donors (Lipinski definition) is 5. The summed E-state index contributed by atoms with van der Waals surface area (Å²) in [4.78, 5) is 11.3. The van der Waals surface area contributed by atoms with Crippen LogP contribution in [0.1, 0.15) is 10.4 Å². The summed E-state index contributed by atoms with van der Waals surface area (Å²) in [5, 5.41) is 45.1. The third kappa shape index (κ3) is 3.32. The minimum Gasteiger partial charge on any atom is -0.462 e. The second-order valence-electron chi connectivity index (χ2n) is 4.85. The van der Waals surface area contributed by atoms with Crippen molar-refractivity contribution < 1.29 is 34.7 Å². The Morgan fingerprint density at radius 2 is 1.82 bits per heavy atom. The molecule has 0 saturated carbocycles. The molecule has 1 aromatic rings. The normalized spacial score (nSPS) is 31.5. The third-order valence-electron chi connectivity index (χ3n) is 3.37. The van der Waals surface area contributed by atoms with Gasteiger partial charge in [0.15, 0.2) is 0 Å². The molecule has 0 aromatic heterocycles. The minimum absolute atomic E-state index is 0.255. The van der Waals surface area contributed by atoms with Crippen LogP contribution in [0, 0.1) is 5.41 Å². The Morgan fingerprint density at radius 1 is 1.18 bits per heavy atom. The second-order valence-corrected chi connectivity index (χ2v) is 4.85. The van der Waals surface area contributed by atoms with Crippen molar-refractivity contribution in [3.05, 3.63) is 29.8 Å². The molecule has 5 atom stereocenters. The van der Waals surface area contributed by atoms with Gasteiger partial charge in [-0.3, -0.25) is 4.79 Å². The highest BCUT2D eigenvalue weighted by molar-refractivity contribution is 6.34. The van der Waals surface area contributed by atoms with Gasteiger partial charge in [0.05, 0.1) is 12.8 Å². The Kier molecular flexibility index (Phi) is 5.22. The molecule has 22 heavy (non-hydrogen) atoms. The van der Waals surface area contributed by atoms with E-state index in [1.807, 2.05) is 0 Å². The predicted molar refractivity (Wildman–Crippen MR) is 74.0 cm³/mol. The highest BCUT2D eigenvalue weighted by Gasteiger charge is 2.44. The number of carbonyl (C=O) groups is 1. The average Bonchev–Trinajstić information content (AvgIpc) is 2.55. The Hall–Kier alpha value is -1.84. The number of ketones is 1. The van der Waals surface area contributed by atoms with Crippen LogP contribution < -0.4 is 4.74 Å². The van der Waals surface area contributed by atoms with Crippen LogP contribution in [0.3, 0.4) is 0 Å². The van der Waals surface area contributed by atoms with Gasteiger partial charge in [0.2, 0.25) is 12.1 Å². The molecule has 8 heteroatoms. The van der Waals surface area contributed by atoms with E-state index >= 15 is 0 Å². The zero-order valence-corrected chi connectivity index (χ0v) is 11.5. The summed E-state index contributed by atoms with van der Waals surface area (Å²) in [5.74, 6) is -0.203. The summed E-state index contributed by atoms with van der Waals surface area (Å²) >= 11 is 0. The molecule has 0 bridgehead atoms. The molecule has 0 aliphatic carbocycles. The lowest BCUT2D eigenvalue weighted by Crippen LogP contribution is -2.60. The van der Waals surface area contributed by atoms with Gasteiger partial charge in [-0.2, -0.15) is 0 Å². The van der Waals surface area contributed by atoms with Crippen LogP contribution in [0.4, 0.5) is 0 Å². The fourth-order valence-electron chi connectivity index (χ4n) is 2.08. The van der Waals surface area contributed by atoms with E-state index in [0.717, 1.165) is 0 Å². The number of aliphatic hydroxyl groups is 4. The van der Waals surface area contributed by atoms with E-state index in [0.29, 0.717) is 11.8 Å². The number of Topliss-reactive ketones (excluding diaryl/α,β-unsaturated/α-hetero) is 1. The van der Waals surface area contributed by atoms with Gasteiger partial charge in [-0.25, -0.2) is 0 Å². The first-order valence-electron chi connectivity index (χ1n) is 6.60. The Bertz CT molecular complexity index is 530. The van der Waals surface area contributed by atoms with E-state index in [-0.39, 0.29) is 5.75 Å². The monoisotopic (exact) mass is 311 g/mol. The van der Waals surface area contributed by atoms with Crippen LogP contribution in [0.5, 0.6) is 5.75 Å². The van der Waals surface area contributed by atoms with Crippen LogP contribution in [0.2, 0.25) is 0 Å². The maximum atomic E-state index is 11.3. The molecule has 1 aromatic carbocycles. The van der Waals surface area contributed by atoms with Gasteiger partial charge < -0.3 is 35.3 Å². The smallest absolute Gasteiger partial charge is 0.229 e. The van der Waals surface area contributed by atoms with Crippen LogP contribution in [0.15, 0.2) is 24.3 Å². The van der Waals surface area contributed by atoms with Crippen molar-refractivity contribution >= 4 is 12.0 Å². The molecule has 0 amide bonds. The third-order valence-corrected chi connectivity index (χ3v) is 3.37. The Labute approximate surface area is 126 Å². The maximum Gasteiger partial charge on any atom is 0.229 e. The SMILES string of the molecule is N=CC(=O)c1ccc(OC2O[C@H](CO)[C@@H](O)[C@H](O)[C@H]2O)cc1. The molecule has 1 saturated heterocycles. The van der Waals surface area contributed by atoms with Gasteiger partial charge in [-0.1, -0.05) is 0 Å². The highest BCUT2D eigenvalue weighted by Crippen LogP contribution is 2.24. The van der Waals surface area contributed by atoms with Gasteiger partial charge in [0, 0.05) is 5.56 Å². The summed E-state index contributed by atoms with van der Waals surface area (Å²) in [6, 6.07) is 5.76. The van der Waals surface area contributed by atoms with Crippen molar-refractivity contribution in [2.24, 2.45) is 0 Å². The van der Waals surface area contributed by atoms with Crippen molar-refractivity contribution in [2.45, 2.75) is 30.7 Å². The van der Waals surface area contributed by atoms with Crippen molar-refractivity contribution in [3.63, 3.8) is 0 Å². The number of aliphatic hydroxyl groups excluding tert-OH is 4. The van der Waals surface area contributed by atoms with E-state index in [4.69, 9.17) is 20.0 Å². The van der Waals surface area contributed by atoms with Crippen LogP contribution in [-0.2, 0) is 4.74 Å². The first kappa shape index (κ1) is 16.5. The number of ether oxygens (including phenoxy) is 2. The summed E-state index contributed by atoms with van der Waals surface area (Å²) in [6.45, 7) is -0.544. The molecule has 1 heterocycles. The Morgan fingerprint density at radius 3 is 2.36 bits per heavy atom. The molecule has 8 nitrogen and oxygen atoms in total. The van der Waals surface area contributed by atoms with Gasteiger partial charge in [-0.05, 0) is 24.3 Å².